The fourth-order valence-corrected chi connectivity index (χ4v) is 7.84. The molecule has 2 N–H and O–H groups in total. The topological polar surface area (TPSA) is 97.0 Å². The van der Waals surface area contributed by atoms with E-state index in [0.717, 1.165) is 29.7 Å². The largest absolute Gasteiger partial charge is 0.497 e. The van der Waals surface area contributed by atoms with Crippen molar-refractivity contribution in [1.29, 1.82) is 0 Å². The van der Waals surface area contributed by atoms with E-state index in [9.17, 15) is 14.4 Å². The molecule has 8 atom stereocenters. The Morgan fingerprint density at radius 3 is 2.71 bits per heavy atom. The second-order valence-corrected chi connectivity index (χ2v) is 13.0. The lowest BCUT2D eigenvalue weighted by Gasteiger charge is -2.38. The second kappa shape index (κ2) is 11.4. The van der Waals surface area contributed by atoms with Crippen molar-refractivity contribution in [3.63, 3.8) is 0 Å². The van der Waals surface area contributed by atoms with Crippen LogP contribution in [-0.2, 0) is 25.7 Å². The van der Waals surface area contributed by atoms with E-state index in [1.807, 2.05) is 66.9 Å². The van der Waals surface area contributed by atoms with E-state index in [1.165, 1.54) is 0 Å². The number of ether oxygens (including phenoxy) is 2. The first-order chi connectivity index (χ1) is 20.3. The van der Waals surface area contributed by atoms with Crippen molar-refractivity contribution in [1.82, 2.24) is 10.2 Å². The van der Waals surface area contributed by atoms with Gasteiger partial charge in [0.25, 0.3) is 0 Å². The minimum atomic E-state index is -1.21. The number of nitrogens with one attached hydrogen (secondary N) is 2. The number of carbonyl (C=O) groups is 3. The molecular weight excluding hydrogens is 550 g/mol. The quantitative estimate of drug-likeness (QED) is 0.344. The summed E-state index contributed by atoms with van der Waals surface area (Å²) in [6.45, 7) is 4.62. The van der Waals surface area contributed by atoms with E-state index in [1.54, 1.807) is 23.8 Å². The first kappa shape index (κ1) is 28.8. The average molecular weight is 590 g/mol. The monoisotopic (exact) mass is 589 g/mol. The minimum absolute atomic E-state index is 0.0239. The smallest absolute Gasteiger partial charge is 0.246 e. The van der Waals surface area contributed by atoms with Crippen LogP contribution in [-0.4, -0.2) is 59.8 Å². The number of thioether (sulfide) groups is 1. The first-order valence-electron chi connectivity index (χ1n) is 14.8. The van der Waals surface area contributed by atoms with Crippen LogP contribution in [0.3, 0.4) is 0 Å². The zero-order valence-corrected chi connectivity index (χ0v) is 25.4. The van der Waals surface area contributed by atoms with E-state index < -0.39 is 29.6 Å². The Morgan fingerprint density at radius 2 is 1.93 bits per heavy atom. The minimum Gasteiger partial charge on any atom is -0.497 e. The Balaban J connectivity index is 1.33. The van der Waals surface area contributed by atoms with Crippen molar-refractivity contribution in [2.24, 2.45) is 23.7 Å². The maximum Gasteiger partial charge on any atom is 0.246 e. The molecule has 6 rings (SSSR count). The third-order valence-electron chi connectivity index (χ3n) is 9.78. The maximum absolute atomic E-state index is 14.3. The van der Waals surface area contributed by atoms with Crippen LogP contribution in [0, 0.1) is 23.7 Å². The molecule has 3 heterocycles. The first-order valence-corrected chi connectivity index (χ1v) is 16.0. The van der Waals surface area contributed by atoms with E-state index in [2.05, 4.69) is 24.5 Å². The summed E-state index contributed by atoms with van der Waals surface area (Å²) < 4.78 is 11.9. The van der Waals surface area contributed by atoms with Gasteiger partial charge in [-0.1, -0.05) is 57.0 Å². The molecule has 2 aromatic rings. The summed E-state index contributed by atoms with van der Waals surface area (Å²) in [5.74, 6) is -0.798. The fraction of sp³-hybridized carbons (Fsp3) is 0.485. The van der Waals surface area contributed by atoms with Crippen molar-refractivity contribution >= 4 is 35.2 Å². The number of anilines is 1. The molecule has 4 aliphatic rings. The Labute approximate surface area is 251 Å². The maximum atomic E-state index is 14.3. The van der Waals surface area contributed by atoms with Crippen molar-refractivity contribution in [2.75, 3.05) is 18.7 Å². The molecular formula is C33H39N3O5S. The molecule has 2 bridgehead atoms. The predicted molar refractivity (Wildman–Crippen MR) is 162 cm³/mol. The third-order valence-corrected chi connectivity index (χ3v) is 10.5. The highest BCUT2D eigenvalue weighted by atomic mass is 32.2. The third kappa shape index (κ3) is 4.90. The summed E-state index contributed by atoms with van der Waals surface area (Å²) in [5.41, 5.74) is 0.295. The van der Waals surface area contributed by atoms with Gasteiger partial charge in [-0.25, -0.2) is 0 Å². The molecule has 2 aromatic carbocycles. The molecule has 1 aliphatic carbocycles. The van der Waals surface area contributed by atoms with Crippen LogP contribution in [0.1, 0.15) is 38.7 Å². The Bertz CT molecular complexity index is 1410. The zero-order valence-electron chi connectivity index (χ0n) is 24.5. The summed E-state index contributed by atoms with van der Waals surface area (Å²) in [7, 11) is 1.60. The lowest BCUT2D eigenvalue weighted by molar-refractivity contribution is -0.142. The Hall–Kier alpha value is -3.30. The number of amides is 3. The van der Waals surface area contributed by atoms with Crippen LogP contribution >= 0.6 is 11.8 Å². The highest BCUT2D eigenvalue weighted by Gasteiger charge is 2.72. The number of methoxy groups -OCH3 is 1. The van der Waals surface area contributed by atoms with Crippen LogP contribution in [0.2, 0.25) is 0 Å². The van der Waals surface area contributed by atoms with E-state index >= 15 is 0 Å². The van der Waals surface area contributed by atoms with Crippen molar-refractivity contribution in [3.8, 4) is 5.75 Å². The lowest BCUT2D eigenvalue weighted by Crippen LogP contribution is -2.57. The molecule has 9 heteroatoms. The van der Waals surface area contributed by atoms with Gasteiger partial charge in [0, 0.05) is 23.2 Å². The highest BCUT2D eigenvalue weighted by molar-refractivity contribution is 7.98. The van der Waals surface area contributed by atoms with Gasteiger partial charge in [-0.2, -0.15) is 0 Å². The molecule has 3 amide bonds. The van der Waals surface area contributed by atoms with E-state index in [4.69, 9.17) is 9.47 Å². The van der Waals surface area contributed by atoms with Gasteiger partial charge >= 0.3 is 0 Å². The fourth-order valence-electron chi connectivity index (χ4n) is 7.38. The highest BCUT2D eigenvalue weighted by Crippen LogP contribution is 2.55. The molecule has 3 aliphatic heterocycles. The standard InChI is InChI=1S/C33H39N3O5S/c1-19-8-5-13-25(20(19)2)35-31(38)29-33-15-14-26(41-33)27(30(37)34-22-10-7-12-24(17-22)42-4)28(33)32(39)36(29)18-21-9-6-11-23(16-21)40-3/h6-7,9-12,14-17,19-20,25-29H,5,8,13,18H2,1-4H3,(H,34,37)(H,35,38)/t19-,20-,25+,26-,27+,28-,29-,33-/m0/s1. The van der Waals surface area contributed by atoms with Gasteiger partial charge in [0.2, 0.25) is 17.7 Å². The van der Waals surface area contributed by atoms with Gasteiger partial charge in [-0.05, 0) is 60.4 Å². The van der Waals surface area contributed by atoms with Gasteiger partial charge < -0.3 is 25.0 Å². The number of hydrogen-bond acceptors (Lipinski definition) is 6. The number of rotatable bonds is 8. The second-order valence-electron chi connectivity index (χ2n) is 12.1. The Morgan fingerprint density at radius 1 is 1.12 bits per heavy atom. The van der Waals surface area contributed by atoms with Gasteiger partial charge in [0.15, 0.2) is 0 Å². The molecule has 0 radical (unpaired) electrons. The van der Waals surface area contributed by atoms with Crippen LogP contribution in [0.15, 0.2) is 65.6 Å². The summed E-state index contributed by atoms with van der Waals surface area (Å²) in [4.78, 5) is 45.0. The lowest BCUT2D eigenvalue weighted by atomic mass is 9.73. The molecule has 2 saturated heterocycles. The number of nitrogens with zero attached hydrogens (tertiary/aromatic N) is 1. The summed E-state index contributed by atoms with van der Waals surface area (Å²) in [5, 5.41) is 6.33. The Kier molecular flexibility index (Phi) is 7.83. The van der Waals surface area contributed by atoms with Gasteiger partial charge in [0.1, 0.15) is 17.4 Å². The number of hydrogen-bond donors (Lipinski definition) is 2. The molecule has 0 unspecified atom stereocenters. The number of carbonyl (C=O) groups excluding carboxylic acids is 3. The van der Waals surface area contributed by atoms with Crippen LogP contribution in [0.25, 0.3) is 0 Å². The van der Waals surface area contributed by atoms with E-state index in [0.29, 0.717) is 23.3 Å². The van der Waals surface area contributed by atoms with Gasteiger partial charge in [-0.3, -0.25) is 14.4 Å². The zero-order chi connectivity index (χ0) is 29.6. The molecule has 0 aromatic heterocycles. The molecule has 8 nitrogen and oxygen atoms in total. The normalized spacial score (nSPS) is 33.0. The van der Waals surface area contributed by atoms with Crippen molar-refractivity contribution < 1.29 is 23.9 Å². The SMILES string of the molecule is COc1cccc(CN2C(=O)[C@@H]3[C@H](C(=O)Nc4cccc(SC)c4)[C@@H]4C=C[C@@]3(O4)[C@@H]2C(=O)N[C@@H]2CCC[C@H](C)[C@@H]2C)c1. The number of likely N-dealkylation sites (tertiary alicyclic amines) is 1. The molecule has 1 spiro atoms. The van der Waals surface area contributed by atoms with Gasteiger partial charge in [0.05, 0.1) is 25.0 Å². The molecule has 3 fully saturated rings. The average Bonchev–Trinajstić information content (AvgIpc) is 3.63. The van der Waals surface area contributed by atoms with Crippen molar-refractivity contribution in [2.45, 2.75) is 68.3 Å². The van der Waals surface area contributed by atoms with Gasteiger partial charge in [-0.15, -0.1) is 11.8 Å². The number of benzene rings is 2. The number of fused-ring (bicyclic) bond motifs is 1. The van der Waals surface area contributed by atoms with Crippen LogP contribution in [0.4, 0.5) is 5.69 Å². The van der Waals surface area contributed by atoms with Crippen LogP contribution < -0.4 is 15.4 Å². The summed E-state index contributed by atoms with van der Waals surface area (Å²) in [6.07, 6.45) is 8.23. The van der Waals surface area contributed by atoms with Crippen LogP contribution in [0.5, 0.6) is 5.75 Å². The molecule has 1 saturated carbocycles. The predicted octanol–water partition coefficient (Wildman–Crippen LogP) is 4.65. The molecule has 42 heavy (non-hydrogen) atoms. The summed E-state index contributed by atoms with van der Waals surface area (Å²) in [6, 6.07) is 14.3. The van der Waals surface area contributed by atoms with Crippen molar-refractivity contribution in [3.05, 3.63) is 66.2 Å². The summed E-state index contributed by atoms with van der Waals surface area (Å²) >= 11 is 1.59. The molecule has 222 valence electrons. The van der Waals surface area contributed by atoms with E-state index in [-0.39, 0.29) is 30.3 Å².